The van der Waals surface area contributed by atoms with Crippen LogP contribution in [-0.2, 0) is 26.9 Å². The van der Waals surface area contributed by atoms with E-state index in [2.05, 4.69) is 5.32 Å². The highest BCUT2D eigenvalue weighted by atomic mass is 19.4. The maximum atomic E-state index is 12.5. The zero-order chi connectivity index (χ0) is 20.7. The molecule has 28 heavy (non-hydrogen) atoms. The number of halogens is 3. The van der Waals surface area contributed by atoms with Gasteiger partial charge in [-0.2, -0.15) is 13.2 Å². The fourth-order valence-electron chi connectivity index (χ4n) is 2.33. The van der Waals surface area contributed by atoms with Crippen molar-refractivity contribution in [3.8, 4) is 5.75 Å². The van der Waals surface area contributed by atoms with Crippen molar-refractivity contribution >= 4 is 17.6 Å². The van der Waals surface area contributed by atoms with Gasteiger partial charge in [0.25, 0.3) is 5.91 Å². The minimum atomic E-state index is -4.45. The molecule has 150 valence electrons. The summed E-state index contributed by atoms with van der Waals surface area (Å²) < 4.78 is 47.7. The summed E-state index contributed by atoms with van der Waals surface area (Å²) in [7, 11) is 1.56. The maximum Gasteiger partial charge on any atom is 0.416 e. The van der Waals surface area contributed by atoms with E-state index in [0.29, 0.717) is 12.2 Å². The number of carbonyl (C=O) groups excluding carboxylic acids is 2. The molecule has 1 N–H and O–H groups in total. The lowest BCUT2D eigenvalue weighted by atomic mass is 10.1. The number of carbonyl (C=O) groups is 2. The SMILES string of the molecule is COc1ccc(CCC(=O)OC(C)C(=O)Nc2ccc(C(F)(F)F)cc2)cc1. The summed E-state index contributed by atoms with van der Waals surface area (Å²) in [5.41, 5.74) is 0.280. The number of amides is 1. The molecule has 0 radical (unpaired) electrons. The van der Waals surface area contributed by atoms with Gasteiger partial charge in [-0.1, -0.05) is 12.1 Å². The van der Waals surface area contributed by atoms with Crippen LogP contribution in [0, 0.1) is 0 Å². The molecule has 0 bridgehead atoms. The highest BCUT2D eigenvalue weighted by Crippen LogP contribution is 2.29. The van der Waals surface area contributed by atoms with Crippen molar-refractivity contribution in [2.75, 3.05) is 12.4 Å². The van der Waals surface area contributed by atoms with Gasteiger partial charge in [-0.15, -0.1) is 0 Å². The van der Waals surface area contributed by atoms with E-state index in [9.17, 15) is 22.8 Å². The van der Waals surface area contributed by atoms with Crippen LogP contribution in [-0.4, -0.2) is 25.1 Å². The molecule has 0 heterocycles. The maximum absolute atomic E-state index is 12.5. The Morgan fingerprint density at radius 2 is 1.64 bits per heavy atom. The molecule has 8 heteroatoms. The lowest BCUT2D eigenvalue weighted by molar-refractivity contribution is -0.153. The smallest absolute Gasteiger partial charge is 0.416 e. The first-order valence-electron chi connectivity index (χ1n) is 8.49. The summed E-state index contributed by atoms with van der Waals surface area (Å²) >= 11 is 0. The Bertz CT molecular complexity index is 802. The Labute approximate surface area is 160 Å². The Morgan fingerprint density at radius 1 is 1.04 bits per heavy atom. The highest BCUT2D eigenvalue weighted by molar-refractivity contribution is 5.95. The van der Waals surface area contributed by atoms with E-state index in [0.717, 1.165) is 29.8 Å². The van der Waals surface area contributed by atoms with Gasteiger partial charge in [0.15, 0.2) is 6.10 Å². The topological polar surface area (TPSA) is 64.6 Å². The molecule has 0 aromatic heterocycles. The molecule has 1 atom stereocenters. The molecule has 0 aliphatic heterocycles. The minimum absolute atomic E-state index is 0.0875. The summed E-state index contributed by atoms with van der Waals surface area (Å²) in [6.07, 6.45) is -5.00. The van der Waals surface area contributed by atoms with Crippen molar-refractivity contribution in [2.45, 2.75) is 32.0 Å². The van der Waals surface area contributed by atoms with E-state index >= 15 is 0 Å². The van der Waals surface area contributed by atoms with Crippen LogP contribution in [0.25, 0.3) is 0 Å². The Kier molecular flexibility index (Phi) is 7.03. The number of anilines is 1. The minimum Gasteiger partial charge on any atom is -0.497 e. The van der Waals surface area contributed by atoms with Crippen molar-refractivity contribution in [3.63, 3.8) is 0 Å². The molecular formula is C20H20F3NO4. The first-order chi connectivity index (χ1) is 13.2. The third-order valence-corrected chi connectivity index (χ3v) is 3.93. The molecule has 2 aromatic rings. The fraction of sp³-hybridized carbons (Fsp3) is 0.300. The summed E-state index contributed by atoms with van der Waals surface area (Å²) in [4.78, 5) is 24.0. The molecule has 0 fully saturated rings. The van der Waals surface area contributed by atoms with Gasteiger partial charge in [0.1, 0.15) is 5.75 Å². The molecule has 2 rings (SSSR count). The van der Waals surface area contributed by atoms with Gasteiger partial charge in [0.05, 0.1) is 12.7 Å². The van der Waals surface area contributed by atoms with Crippen LogP contribution < -0.4 is 10.1 Å². The zero-order valence-electron chi connectivity index (χ0n) is 15.4. The van der Waals surface area contributed by atoms with Crippen LogP contribution in [0.1, 0.15) is 24.5 Å². The third kappa shape index (κ3) is 6.29. The third-order valence-electron chi connectivity index (χ3n) is 3.93. The molecule has 0 aliphatic rings. The zero-order valence-corrected chi connectivity index (χ0v) is 15.4. The number of esters is 1. The average molecular weight is 395 g/mol. The van der Waals surface area contributed by atoms with Crippen LogP contribution in [0.15, 0.2) is 48.5 Å². The van der Waals surface area contributed by atoms with Crippen molar-refractivity contribution in [3.05, 3.63) is 59.7 Å². The van der Waals surface area contributed by atoms with Gasteiger partial charge in [0.2, 0.25) is 0 Å². The average Bonchev–Trinajstić information content (AvgIpc) is 2.66. The van der Waals surface area contributed by atoms with Crippen LogP contribution in [0.4, 0.5) is 18.9 Å². The molecule has 1 unspecified atom stereocenters. The van der Waals surface area contributed by atoms with Crippen LogP contribution in [0.3, 0.4) is 0 Å². The predicted octanol–water partition coefficient (Wildman–Crippen LogP) is 4.22. The van der Waals surface area contributed by atoms with E-state index in [-0.39, 0.29) is 12.1 Å². The Morgan fingerprint density at radius 3 is 2.18 bits per heavy atom. The second kappa shape index (κ2) is 9.25. The van der Waals surface area contributed by atoms with Gasteiger partial charge < -0.3 is 14.8 Å². The van der Waals surface area contributed by atoms with Crippen molar-refractivity contribution in [1.82, 2.24) is 0 Å². The first-order valence-corrected chi connectivity index (χ1v) is 8.49. The lowest BCUT2D eigenvalue weighted by Gasteiger charge is -2.14. The van der Waals surface area contributed by atoms with Gasteiger partial charge in [-0.05, 0) is 55.3 Å². The number of alkyl halides is 3. The first kappa shape index (κ1) is 21.3. The van der Waals surface area contributed by atoms with E-state index in [4.69, 9.17) is 9.47 Å². The summed E-state index contributed by atoms with van der Waals surface area (Å²) in [6, 6.07) is 11.2. The number of rotatable bonds is 7. The number of ether oxygens (including phenoxy) is 2. The number of benzene rings is 2. The Balaban J connectivity index is 1.81. The van der Waals surface area contributed by atoms with Gasteiger partial charge in [-0.3, -0.25) is 9.59 Å². The molecule has 5 nitrogen and oxygen atoms in total. The number of aryl methyl sites for hydroxylation is 1. The van der Waals surface area contributed by atoms with Crippen LogP contribution in [0.2, 0.25) is 0 Å². The van der Waals surface area contributed by atoms with Crippen LogP contribution >= 0.6 is 0 Å². The van der Waals surface area contributed by atoms with E-state index in [1.165, 1.54) is 6.92 Å². The number of nitrogens with one attached hydrogen (secondary N) is 1. The molecule has 1 amide bonds. The quantitative estimate of drug-likeness (QED) is 0.713. The second-order valence-corrected chi connectivity index (χ2v) is 6.04. The second-order valence-electron chi connectivity index (χ2n) is 6.04. The molecule has 0 spiro atoms. The molecule has 0 aliphatic carbocycles. The Hall–Kier alpha value is -3.03. The van der Waals surface area contributed by atoms with Gasteiger partial charge in [-0.25, -0.2) is 0 Å². The molecule has 2 aromatic carbocycles. The molecular weight excluding hydrogens is 375 g/mol. The summed E-state index contributed by atoms with van der Waals surface area (Å²) in [5, 5.41) is 2.41. The van der Waals surface area contributed by atoms with Crippen molar-refractivity contribution in [2.24, 2.45) is 0 Å². The summed E-state index contributed by atoms with van der Waals surface area (Å²) in [6.45, 7) is 1.39. The molecule has 0 saturated heterocycles. The van der Waals surface area contributed by atoms with Crippen LogP contribution in [0.5, 0.6) is 5.75 Å². The van der Waals surface area contributed by atoms with Gasteiger partial charge in [0, 0.05) is 12.1 Å². The van der Waals surface area contributed by atoms with Gasteiger partial charge >= 0.3 is 12.1 Å². The number of hydrogen-bond donors (Lipinski definition) is 1. The highest BCUT2D eigenvalue weighted by Gasteiger charge is 2.30. The van der Waals surface area contributed by atoms with Crippen molar-refractivity contribution < 1.29 is 32.2 Å². The lowest BCUT2D eigenvalue weighted by Crippen LogP contribution is -2.30. The fourth-order valence-corrected chi connectivity index (χ4v) is 2.33. The molecule has 0 saturated carbocycles. The standard InChI is InChI=1S/C20H20F3NO4/c1-13(19(26)24-16-8-6-15(7-9-16)20(21,22)23)28-18(25)12-5-14-3-10-17(27-2)11-4-14/h3-4,6-11,13H,5,12H2,1-2H3,(H,24,26). The van der Waals surface area contributed by atoms with E-state index < -0.39 is 29.7 Å². The monoisotopic (exact) mass is 395 g/mol. The summed E-state index contributed by atoms with van der Waals surface area (Å²) in [5.74, 6) is -0.469. The van der Waals surface area contributed by atoms with E-state index in [1.54, 1.807) is 19.2 Å². The normalized spacial score (nSPS) is 12.2. The largest absolute Gasteiger partial charge is 0.497 e. The number of hydrogen-bond acceptors (Lipinski definition) is 4. The van der Waals surface area contributed by atoms with Crippen molar-refractivity contribution in [1.29, 1.82) is 0 Å². The van der Waals surface area contributed by atoms with E-state index in [1.807, 2.05) is 12.1 Å². The number of methoxy groups -OCH3 is 1. The predicted molar refractivity (Wildman–Crippen MR) is 96.9 cm³/mol.